The summed E-state index contributed by atoms with van der Waals surface area (Å²) in [6, 6.07) is 0.290. The van der Waals surface area contributed by atoms with Gasteiger partial charge < -0.3 is 15.5 Å². The van der Waals surface area contributed by atoms with E-state index in [1.165, 1.54) is 0 Å². The second-order valence-electron chi connectivity index (χ2n) is 5.79. The van der Waals surface area contributed by atoms with Crippen molar-refractivity contribution < 1.29 is 4.79 Å². The maximum Gasteiger partial charge on any atom is 0.223 e. The fourth-order valence-corrected chi connectivity index (χ4v) is 2.49. The highest BCUT2D eigenvalue weighted by molar-refractivity contribution is 5.79. The Balaban J connectivity index is 2.15. The van der Waals surface area contributed by atoms with Gasteiger partial charge in [0.2, 0.25) is 5.91 Å². The van der Waals surface area contributed by atoms with Gasteiger partial charge in [-0.1, -0.05) is 20.8 Å². The first-order valence-electron chi connectivity index (χ1n) is 7.81. The zero-order valence-electron chi connectivity index (χ0n) is 13.0. The van der Waals surface area contributed by atoms with Crippen LogP contribution in [0.4, 0.5) is 0 Å². The van der Waals surface area contributed by atoms with E-state index < -0.39 is 0 Å². The van der Waals surface area contributed by atoms with Gasteiger partial charge in [0, 0.05) is 12.0 Å². The number of amides is 1. The van der Waals surface area contributed by atoms with E-state index in [4.69, 9.17) is 0 Å². The van der Waals surface area contributed by atoms with E-state index in [0.29, 0.717) is 12.0 Å². The van der Waals surface area contributed by atoms with Crippen LogP contribution < -0.4 is 10.6 Å². The Morgan fingerprint density at radius 1 is 1.32 bits per heavy atom. The SMILES string of the molecule is CCN(CC)CCCC(C)NC(=O)C(C)C1CNC1. The smallest absolute Gasteiger partial charge is 0.223 e. The Labute approximate surface area is 118 Å². The monoisotopic (exact) mass is 269 g/mol. The molecule has 0 aliphatic carbocycles. The standard InChI is InChI=1S/C15H31N3O/c1-5-18(6-2)9-7-8-12(3)17-15(19)13(4)14-10-16-11-14/h12-14,16H,5-11H2,1-4H3,(H,17,19). The largest absolute Gasteiger partial charge is 0.353 e. The van der Waals surface area contributed by atoms with Gasteiger partial charge in [0.1, 0.15) is 0 Å². The molecule has 1 aliphatic heterocycles. The molecule has 2 unspecified atom stereocenters. The highest BCUT2D eigenvalue weighted by Crippen LogP contribution is 2.16. The molecular formula is C15H31N3O. The third kappa shape index (κ3) is 5.49. The van der Waals surface area contributed by atoms with Gasteiger partial charge in [-0.15, -0.1) is 0 Å². The number of hydrogen-bond acceptors (Lipinski definition) is 3. The molecule has 1 heterocycles. The molecule has 1 saturated heterocycles. The van der Waals surface area contributed by atoms with Crippen LogP contribution in [0.1, 0.15) is 40.5 Å². The minimum absolute atomic E-state index is 0.145. The maximum absolute atomic E-state index is 12.0. The molecule has 1 aliphatic rings. The molecule has 19 heavy (non-hydrogen) atoms. The van der Waals surface area contributed by atoms with Gasteiger partial charge in [-0.05, 0) is 58.4 Å². The summed E-state index contributed by atoms with van der Waals surface area (Å²) in [5.74, 6) is 0.899. The van der Waals surface area contributed by atoms with Crippen molar-refractivity contribution in [3.05, 3.63) is 0 Å². The van der Waals surface area contributed by atoms with Crippen molar-refractivity contribution >= 4 is 5.91 Å². The molecule has 1 amide bonds. The molecule has 112 valence electrons. The van der Waals surface area contributed by atoms with Gasteiger partial charge in [0.25, 0.3) is 0 Å². The molecule has 1 fully saturated rings. The summed E-state index contributed by atoms with van der Waals surface area (Å²) < 4.78 is 0. The molecule has 4 nitrogen and oxygen atoms in total. The van der Waals surface area contributed by atoms with Crippen LogP contribution >= 0.6 is 0 Å². The van der Waals surface area contributed by atoms with E-state index >= 15 is 0 Å². The van der Waals surface area contributed by atoms with Crippen LogP contribution in [0.2, 0.25) is 0 Å². The molecule has 0 spiro atoms. The van der Waals surface area contributed by atoms with Gasteiger partial charge in [-0.2, -0.15) is 0 Å². The first-order valence-corrected chi connectivity index (χ1v) is 7.81. The van der Waals surface area contributed by atoms with Crippen molar-refractivity contribution in [1.29, 1.82) is 0 Å². The fourth-order valence-electron chi connectivity index (χ4n) is 2.49. The quantitative estimate of drug-likeness (QED) is 0.666. The third-order valence-electron chi connectivity index (χ3n) is 4.33. The fraction of sp³-hybridized carbons (Fsp3) is 0.933. The summed E-state index contributed by atoms with van der Waals surface area (Å²) >= 11 is 0. The minimum atomic E-state index is 0.145. The van der Waals surface area contributed by atoms with E-state index in [0.717, 1.165) is 45.6 Å². The Hall–Kier alpha value is -0.610. The highest BCUT2D eigenvalue weighted by Gasteiger charge is 2.29. The summed E-state index contributed by atoms with van der Waals surface area (Å²) in [6.45, 7) is 13.9. The number of hydrogen-bond donors (Lipinski definition) is 2. The Morgan fingerprint density at radius 2 is 1.95 bits per heavy atom. The van der Waals surface area contributed by atoms with Gasteiger partial charge in [0.05, 0.1) is 0 Å². The van der Waals surface area contributed by atoms with E-state index in [1.54, 1.807) is 0 Å². The number of carbonyl (C=O) groups is 1. The van der Waals surface area contributed by atoms with E-state index in [1.807, 2.05) is 6.92 Å². The molecule has 0 radical (unpaired) electrons. The average Bonchev–Trinajstić information content (AvgIpc) is 2.32. The predicted octanol–water partition coefficient (Wildman–Crippen LogP) is 1.47. The molecule has 2 atom stereocenters. The van der Waals surface area contributed by atoms with Crippen LogP contribution in [-0.4, -0.2) is 49.6 Å². The predicted molar refractivity (Wildman–Crippen MR) is 80.2 cm³/mol. The molecule has 2 N–H and O–H groups in total. The summed E-state index contributed by atoms with van der Waals surface area (Å²) in [5, 5.41) is 6.38. The van der Waals surface area contributed by atoms with E-state index in [2.05, 4.69) is 36.3 Å². The third-order valence-corrected chi connectivity index (χ3v) is 4.33. The maximum atomic E-state index is 12.0. The zero-order valence-corrected chi connectivity index (χ0v) is 13.0. The van der Waals surface area contributed by atoms with Crippen LogP contribution in [0.3, 0.4) is 0 Å². The van der Waals surface area contributed by atoms with Crippen LogP contribution in [0.25, 0.3) is 0 Å². The van der Waals surface area contributed by atoms with Crippen molar-refractivity contribution in [2.75, 3.05) is 32.7 Å². The normalized spacial score (nSPS) is 19.0. The van der Waals surface area contributed by atoms with Crippen LogP contribution in [0.5, 0.6) is 0 Å². The molecule has 0 aromatic heterocycles. The summed E-state index contributed by atoms with van der Waals surface area (Å²) in [5.41, 5.74) is 0. The lowest BCUT2D eigenvalue weighted by Gasteiger charge is -2.32. The molecule has 0 aromatic rings. The van der Waals surface area contributed by atoms with Gasteiger partial charge in [-0.25, -0.2) is 0 Å². The van der Waals surface area contributed by atoms with Gasteiger partial charge >= 0.3 is 0 Å². The van der Waals surface area contributed by atoms with Crippen molar-refractivity contribution in [3.63, 3.8) is 0 Å². The lowest BCUT2D eigenvalue weighted by molar-refractivity contribution is -0.127. The topological polar surface area (TPSA) is 44.4 Å². The minimum Gasteiger partial charge on any atom is -0.353 e. The molecule has 0 saturated carbocycles. The first-order chi connectivity index (χ1) is 9.08. The van der Waals surface area contributed by atoms with Gasteiger partial charge in [-0.3, -0.25) is 4.79 Å². The summed E-state index contributed by atoms with van der Waals surface area (Å²) in [6.07, 6.45) is 2.22. The summed E-state index contributed by atoms with van der Waals surface area (Å²) in [4.78, 5) is 14.5. The second-order valence-corrected chi connectivity index (χ2v) is 5.79. The van der Waals surface area contributed by atoms with Crippen LogP contribution in [0.15, 0.2) is 0 Å². The van der Waals surface area contributed by atoms with Crippen LogP contribution in [0, 0.1) is 11.8 Å². The molecule has 4 heteroatoms. The molecule has 1 rings (SSSR count). The van der Waals surface area contributed by atoms with Crippen molar-refractivity contribution in [2.45, 2.75) is 46.6 Å². The lowest BCUT2D eigenvalue weighted by atomic mass is 9.88. The second kappa shape index (κ2) is 8.54. The van der Waals surface area contributed by atoms with Crippen molar-refractivity contribution in [2.24, 2.45) is 11.8 Å². The molecular weight excluding hydrogens is 238 g/mol. The lowest BCUT2D eigenvalue weighted by Crippen LogP contribution is -2.50. The number of rotatable bonds is 9. The number of nitrogens with one attached hydrogen (secondary N) is 2. The van der Waals surface area contributed by atoms with Crippen molar-refractivity contribution in [1.82, 2.24) is 15.5 Å². The average molecular weight is 269 g/mol. The van der Waals surface area contributed by atoms with Gasteiger partial charge in [0.15, 0.2) is 0 Å². The molecule has 0 aromatic carbocycles. The highest BCUT2D eigenvalue weighted by atomic mass is 16.1. The van der Waals surface area contributed by atoms with Crippen LogP contribution in [-0.2, 0) is 4.79 Å². The molecule has 0 bridgehead atoms. The Morgan fingerprint density at radius 3 is 2.42 bits per heavy atom. The Kier molecular flexibility index (Phi) is 7.39. The summed E-state index contributed by atoms with van der Waals surface area (Å²) in [7, 11) is 0. The van der Waals surface area contributed by atoms with E-state index in [-0.39, 0.29) is 11.8 Å². The van der Waals surface area contributed by atoms with Crippen molar-refractivity contribution in [3.8, 4) is 0 Å². The first kappa shape index (κ1) is 16.4. The Bertz CT molecular complexity index is 262. The number of nitrogens with zero attached hydrogens (tertiary/aromatic N) is 1. The number of carbonyl (C=O) groups excluding carboxylic acids is 1. The zero-order chi connectivity index (χ0) is 14.3. The van der Waals surface area contributed by atoms with E-state index in [9.17, 15) is 4.79 Å².